The second kappa shape index (κ2) is 3.65. The van der Waals surface area contributed by atoms with Crippen LogP contribution in [0.4, 0.5) is 8.78 Å². The molecule has 1 aliphatic carbocycles. The van der Waals surface area contributed by atoms with E-state index in [0.717, 1.165) is 18.9 Å². The van der Waals surface area contributed by atoms with Gasteiger partial charge < -0.3 is 5.32 Å². The van der Waals surface area contributed by atoms with Crippen LogP contribution in [-0.2, 0) is 0 Å². The largest absolute Gasteiger partial charge is 0.307 e. The topological polar surface area (TPSA) is 12.0 Å². The minimum atomic E-state index is -0.383. The monoisotopic (exact) mass is 197 g/mol. The van der Waals surface area contributed by atoms with E-state index >= 15 is 0 Å². The molecule has 0 amide bonds. The molecule has 1 N–H and O–H groups in total. The first-order chi connectivity index (χ1) is 6.66. The van der Waals surface area contributed by atoms with Crippen molar-refractivity contribution in [2.75, 3.05) is 0 Å². The van der Waals surface area contributed by atoms with Gasteiger partial charge in [0.25, 0.3) is 0 Å². The third-order valence-electron chi connectivity index (χ3n) is 2.49. The summed E-state index contributed by atoms with van der Waals surface area (Å²) in [6.07, 6.45) is 2.28. The van der Waals surface area contributed by atoms with Crippen molar-refractivity contribution < 1.29 is 8.78 Å². The molecule has 3 heteroatoms. The summed E-state index contributed by atoms with van der Waals surface area (Å²) in [4.78, 5) is 0. The highest BCUT2D eigenvalue weighted by molar-refractivity contribution is 5.22. The van der Waals surface area contributed by atoms with Crippen LogP contribution >= 0.6 is 0 Å². The van der Waals surface area contributed by atoms with E-state index in [1.165, 1.54) is 12.1 Å². The van der Waals surface area contributed by atoms with Gasteiger partial charge in [-0.3, -0.25) is 0 Å². The van der Waals surface area contributed by atoms with Gasteiger partial charge in [0, 0.05) is 17.6 Å². The lowest BCUT2D eigenvalue weighted by Crippen LogP contribution is -2.21. The number of hydrogen-bond acceptors (Lipinski definition) is 1. The molecule has 1 atom stereocenters. The van der Waals surface area contributed by atoms with E-state index in [4.69, 9.17) is 0 Å². The first-order valence-electron chi connectivity index (χ1n) is 4.88. The Morgan fingerprint density at radius 2 is 2.07 bits per heavy atom. The fraction of sp³-hybridized carbons (Fsp3) is 0.455. The van der Waals surface area contributed by atoms with Crippen LogP contribution in [-0.4, -0.2) is 6.04 Å². The lowest BCUT2D eigenvalue weighted by molar-refractivity contribution is 0.517. The van der Waals surface area contributed by atoms with Gasteiger partial charge in [0.15, 0.2) is 0 Å². The number of hydrogen-bond donors (Lipinski definition) is 1. The fourth-order valence-corrected chi connectivity index (χ4v) is 1.54. The Balaban J connectivity index is 2.15. The van der Waals surface area contributed by atoms with Gasteiger partial charge in [-0.2, -0.15) is 0 Å². The van der Waals surface area contributed by atoms with E-state index in [2.05, 4.69) is 5.32 Å². The minimum absolute atomic E-state index is 0.113. The van der Waals surface area contributed by atoms with Crippen LogP contribution in [0.2, 0.25) is 0 Å². The van der Waals surface area contributed by atoms with Crippen LogP contribution in [0, 0.1) is 11.6 Å². The number of rotatable bonds is 3. The quantitative estimate of drug-likeness (QED) is 0.785. The second-order valence-corrected chi connectivity index (χ2v) is 3.83. The molecule has 2 rings (SSSR count). The van der Waals surface area contributed by atoms with Crippen LogP contribution in [0.25, 0.3) is 0 Å². The average Bonchev–Trinajstić information content (AvgIpc) is 2.93. The molecule has 0 aliphatic heterocycles. The first-order valence-corrected chi connectivity index (χ1v) is 4.88. The highest BCUT2D eigenvalue weighted by Gasteiger charge is 2.24. The van der Waals surface area contributed by atoms with Crippen molar-refractivity contribution in [3.8, 4) is 0 Å². The summed E-state index contributed by atoms with van der Waals surface area (Å²) in [5.41, 5.74) is 0.414. The standard InChI is InChI=1S/C11H13F2N/c1-7(14-9-3-4-9)10-6-8(12)2-5-11(10)13/h2,5-7,9,14H,3-4H2,1H3/t7-/m0/s1. The molecule has 0 saturated heterocycles. The van der Waals surface area contributed by atoms with Gasteiger partial charge in [0.05, 0.1) is 0 Å². The van der Waals surface area contributed by atoms with Crippen molar-refractivity contribution in [2.24, 2.45) is 0 Å². The molecular weight excluding hydrogens is 184 g/mol. The van der Waals surface area contributed by atoms with Gasteiger partial charge >= 0.3 is 0 Å². The van der Waals surface area contributed by atoms with Crippen molar-refractivity contribution in [1.29, 1.82) is 0 Å². The van der Waals surface area contributed by atoms with Crippen molar-refractivity contribution in [3.63, 3.8) is 0 Å². The Hall–Kier alpha value is -0.960. The Labute approximate surface area is 82.1 Å². The predicted molar refractivity (Wildman–Crippen MR) is 50.9 cm³/mol. The molecule has 0 heterocycles. The molecule has 1 aliphatic rings. The van der Waals surface area contributed by atoms with E-state index in [1.54, 1.807) is 0 Å². The molecule has 1 aromatic carbocycles. The summed E-state index contributed by atoms with van der Waals surface area (Å²) in [6, 6.07) is 3.96. The van der Waals surface area contributed by atoms with Crippen LogP contribution in [0.15, 0.2) is 18.2 Å². The smallest absolute Gasteiger partial charge is 0.128 e. The fourth-order valence-electron chi connectivity index (χ4n) is 1.54. The third kappa shape index (κ3) is 2.10. The van der Waals surface area contributed by atoms with Crippen molar-refractivity contribution in [2.45, 2.75) is 31.8 Å². The maximum absolute atomic E-state index is 13.3. The average molecular weight is 197 g/mol. The maximum Gasteiger partial charge on any atom is 0.128 e. The summed E-state index contributed by atoms with van der Waals surface area (Å²) in [5.74, 6) is -0.724. The van der Waals surface area contributed by atoms with E-state index in [9.17, 15) is 8.78 Å². The van der Waals surface area contributed by atoms with Crippen LogP contribution in [0.1, 0.15) is 31.4 Å². The lowest BCUT2D eigenvalue weighted by atomic mass is 10.1. The van der Waals surface area contributed by atoms with Gasteiger partial charge in [-0.05, 0) is 38.0 Å². The number of benzene rings is 1. The maximum atomic E-state index is 13.3. The van der Waals surface area contributed by atoms with Crippen LogP contribution in [0.3, 0.4) is 0 Å². The molecular formula is C11H13F2N. The van der Waals surface area contributed by atoms with Gasteiger partial charge in [-0.25, -0.2) is 8.78 Å². The molecule has 0 radical (unpaired) electrons. The minimum Gasteiger partial charge on any atom is -0.307 e. The molecule has 76 valence electrons. The summed E-state index contributed by atoms with van der Waals surface area (Å²) in [5, 5.41) is 3.23. The predicted octanol–water partition coefficient (Wildman–Crippen LogP) is 2.78. The van der Waals surface area contributed by atoms with E-state index in [1.807, 2.05) is 6.92 Å². The summed E-state index contributed by atoms with van der Waals surface area (Å²) in [7, 11) is 0. The molecule has 1 saturated carbocycles. The van der Waals surface area contributed by atoms with Gasteiger partial charge in [0.1, 0.15) is 11.6 Å². The normalized spacial score (nSPS) is 18.2. The van der Waals surface area contributed by atoms with E-state index in [-0.39, 0.29) is 17.7 Å². The molecule has 1 fully saturated rings. The highest BCUT2D eigenvalue weighted by atomic mass is 19.1. The second-order valence-electron chi connectivity index (χ2n) is 3.83. The molecule has 1 aromatic rings. The number of halogens is 2. The van der Waals surface area contributed by atoms with Gasteiger partial charge in [-0.1, -0.05) is 0 Å². The third-order valence-corrected chi connectivity index (χ3v) is 2.49. The molecule has 0 bridgehead atoms. The summed E-state index contributed by atoms with van der Waals surface area (Å²) < 4.78 is 26.2. The Bertz CT molecular complexity index is 334. The Morgan fingerprint density at radius 1 is 1.36 bits per heavy atom. The van der Waals surface area contributed by atoms with Crippen molar-refractivity contribution in [1.82, 2.24) is 5.32 Å². The summed E-state index contributed by atoms with van der Waals surface area (Å²) >= 11 is 0. The highest BCUT2D eigenvalue weighted by Crippen LogP contribution is 2.25. The van der Waals surface area contributed by atoms with Crippen LogP contribution in [0.5, 0.6) is 0 Å². The molecule has 0 aromatic heterocycles. The lowest BCUT2D eigenvalue weighted by Gasteiger charge is -2.14. The zero-order chi connectivity index (χ0) is 10.1. The zero-order valence-electron chi connectivity index (χ0n) is 8.06. The molecule has 14 heavy (non-hydrogen) atoms. The SMILES string of the molecule is C[C@H](NC1CC1)c1cc(F)ccc1F. The summed E-state index contributed by atoms with van der Waals surface area (Å²) in [6.45, 7) is 1.86. The first kappa shape index (κ1) is 9.59. The van der Waals surface area contributed by atoms with Crippen molar-refractivity contribution >= 4 is 0 Å². The van der Waals surface area contributed by atoms with E-state index < -0.39 is 0 Å². The molecule has 0 unspecified atom stereocenters. The number of nitrogens with one attached hydrogen (secondary N) is 1. The van der Waals surface area contributed by atoms with Gasteiger partial charge in [-0.15, -0.1) is 0 Å². The molecule has 1 nitrogen and oxygen atoms in total. The zero-order valence-corrected chi connectivity index (χ0v) is 8.06. The van der Waals surface area contributed by atoms with Gasteiger partial charge in [0.2, 0.25) is 0 Å². The van der Waals surface area contributed by atoms with Crippen molar-refractivity contribution in [3.05, 3.63) is 35.4 Å². The van der Waals surface area contributed by atoms with Crippen LogP contribution < -0.4 is 5.32 Å². The molecule has 0 spiro atoms. The Morgan fingerprint density at radius 3 is 2.71 bits per heavy atom. The van der Waals surface area contributed by atoms with E-state index in [0.29, 0.717) is 11.6 Å². The Kier molecular flexibility index (Phi) is 2.50.